The molecule has 0 heterocycles. The number of hydrogen-bond donors (Lipinski definition) is 0. The fraction of sp³-hybridized carbons (Fsp3) is 0.250. The van der Waals surface area contributed by atoms with Crippen LogP contribution in [0.15, 0.2) is 97.1 Å². The van der Waals surface area contributed by atoms with E-state index in [4.69, 9.17) is 0 Å². The number of benzene rings is 4. The van der Waals surface area contributed by atoms with Crippen molar-refractivity contribution in [2.24, 2.45) is 0 Å². The van der Waals surface area contributed by atoms with Crippen molar-refractivity contribution in [3.63, 3.8) is 0 Å². The Bertz CT molecular complexity index is 1100. The molecule has 0 aromatic heterocycles. The quantitative estimate of drug-likeness (QED) is 0.311. The Labute approximate surface area is 194 Å². The molecule has 0 atom stereocenters. The maximum atomic E-state index is 2.32. The second-order valence-electron chi connectivity index (χ2n) is 10.8. The maximum absolute atomic E-state index is 2.32. The van der Waals surface area contributed by atoms with E-state index in [1.54, 1.807) is 0 Å². The Hall–Kier alpha value is -3.12. The van der Waals surface area contributed by atoms with Crippen LogP contribution < -0.4 is 0 Å². The zero-order valence-corrected chi connectivity index (χ0v) is 20.2. The van der Waals surface area contributed by atoms with Gasteiger partial charge in [-0.1, -0.05) is 120 Å². The van der Waals surface area contributed by atoms with Gasteiger partial charge in [0, 0.05) is 0 Å². The highest BCUT2D eigenvalue weighted by Gasteiger charge is 2.15. The topological polar surface area (TPSA) is 0 Å². The van der Waals surface area contributed by atoms with E-state index in [2.05, 4.69) is 139 Å². The van der Waals surface area contributed by atoms with Crippen LogP contribution in [0.1, 0.15) is 52.7 Å². The Balaban J connectivity index is 1.82. The molecule has 0 amide bonds. The molecule has 0 aliphatic rings. The lowest BCUT2D eigenvalue weighted by atomic mass is 9.85. The summed E-state index contributed by atoms with van der Waals surface area (Å²) in [6.45, 7) is 13.6. The van der Waals surface area contributed by atoms with Crippen molar-refractivity contribution in [1.29, 1.82) is 0 Å². The molecule has 32 heavy (non-hydrogen) atoms. The lowest BCUT2D eigenvalue weighted by molar-refractivity contribution is 0.590. The lowest BCUT2D eigenvalue weighted by Crippen LogP contribution is -2.10. The van der Waals surface area contributed by atoms with Gasteiger partial charge in [0.25, 0.3) is 0 Å². The first kappa shape index (κ1) is 22.1. The van der Waals surface area contributed by atoms with Crippen LogP contribution in [0.5, 0.6) is 0 Å². The first-order valence-corrected chi connectivity index (χ1v) is 11.5. The van der Waals surface area contributed by atoms with Gasteiger partial charge in [0.05, 0.1) is 0 Å². The van der Waals surface area contributed by atoms with E-state index in [1.807, 2.05) is 0 Å². The van der Waals surface area contributed by atoms with Crippen LogP contribution >= 0.6 is 0 Å². The van der Waals surface area contributed by atoms with Gasteiger partial charge in [0.15, 0.2) is 0 Å². The highest BCUT2D eigenvalue weighted by Crippen LogP contribution is 2.34. The van der Waals surface area contributed by atoms with Crippen molar-refractivity contribution in [2.75, 3.05) is 0 Å². The van der Waals surface area contributed by atoms with Crippen LogP contribution in [-0.4, -0.2) is 0 Å². The molecule has 0 saturated heterocycles. The van der Waals surface area contributed by atoms with E-state index < -0.39 is 0 Å². The zero-order valence-electron chi connectivity index (χ0n) is 20.2. The highest BCUT2D eigenvalue weighted by atomic mass is 14.2. The summed E-state index contributed by atoms with van der Waals surface area (Å²) in [6.07, 6.45) is 0. The van der Waals surface area contributed by atoms with Gasteiger partial charge in [-0.05, 0) is 73.5 Å². The molecule has 0 radical (unpaired) electrons. The molecular formula is C32H34. The van der Waals surface area contributed by atoms with Crippen LogP contribution in [0.3, 0.4) is 0 Å². The fourth-order valence-corrected chi connectivity index (χ4v) is 4.08. The molecule has 0 bridgehead atoms. The Morgan fingerprint density at radius 1 is 0.344 bits per heavy atom. The summed E-state index contributed by atoms with van der Waals surface area (Å²) in [5, 5.41) is 0. The third-order valence-electron chi connectivity index (χ3n) is 6.21. The van der Waals surface area contributed by atoms with Crippen LogP contribution in [0, 0.1) is 0 Å². The molecule has 0 N–H and O–H groups in total. The monoisotopic (exact) mass is 418 g/mol. The smallest absolute Gasteiger partial charge is 0.0132 e. The standard InChI is InChI=1S/C32H34/c1-31(2,3)29-16-12-24(13-17-29)27-20-26(23-10-8-7-9-11-23)21-28(22-27)25-14-18-30(19-15-25)32(4,5)6/h7-22H,1-6H3. The average molecular weight is 419 g/mol. The first-order chi connectivity index (χ1) is 15.1. The van der Waals surface area contributed by atoms with Crippen molar-refractivity contribution in [1.82, 2.24) is 0 Å². The molecule has 4 aromatic carbocycles. The van der Waals surface area contributed by atoms with Crippen molar-refractivity contribution in [2.45, 2.75) is 52.4 Å². The number of rotatable bonds is 3. The third-order valence-corrected chi connectivity index (χ3v) is 6.21. The molecule has 4 rings (SSSR count). The summed E-state index contributed by atoms with van der Waals surface area (Å²) in [5.41, 5.74) is 10.5. The summed E-state index contributed by atoms with van der Waals surface area (Å²) < 4.78 is 0. The Morgan fingerprint density at radius 2 is 0.656 bits per heavy atom. The zero-order chi connectivity index (χ0) is 22.9. The Morgan fingerprint density at radius 3 is 0.969 bits per heavy atom. The summed E-state index contributed by atoms with van der Waals surface area (Å²) in [4.78, 5) is 0. The van der Waals surface area contributed by atoms with E-state index in [0.717, 1.165) is 0 Å². The van der Waals surface area contributed by atoms with Crippen LogP contribution in [0.4, 0.5) is 0 Å². The normalized spacial score (nSPS) is 12.1. The molecule has 0 aliphatic carbocycles. The molecule has 0 unspecified atom stereocenters. The minimum Gasteiger partial charge on any atom is -0.0622 e. The maximum Gasteiger partial charge on any atom is -0.0132 e. The van der Waals surface area contributed by atoms with Gasteiger partial charge in [0.2, 0.25) is 0 Å². The summed E-state index contributed by atoms with van der Waals surface area (Å²) in [7, 11) is 0. The van der Waals surface area contributed by atoms with Gasteiger partial charge in [-0.3, -0.25) is 0 Å². The lowest BCUT2D eigenvalue weighted by Gasteiger charge is -2.20. The Kier molecular flexibility index (Phi) is 5.82. The summed E-state index contributed by atoms with van der Waals surface area (Å²) in [5.74, 6) is 0. The minimum atomic E-state index is 0.157. The van der Waals surface area contributed by atoms with Crippen LogP contribution in [0.2, 0.25) is 0 Å². The van der Waals surface area contributed by atoms with E-state index in [0.29, 0.717) is 0 Å². The minimum absolute atomic E-state index is 0.157. The molecule has 0 saturated carbocycles. The predicted octanol–water partition coefficient (Wildman–Crippen LogP) is 9.28. The van der Waals surface area contributed by atoms with Gasteiger partial charge in [0.1, 0.15) is 0 Å². The first-order valence-electron chi connectivity index (χ1n) is 11.5. The van der Waals surface area contributed by atoms with Gasteiger partial charge >= 0.3 is 0 Å². The van der Waals surface area contributed by atoms with E-state index in [-0.39, 0.29) is 10.8 Å². The van der Waals surface area contributed by atoms with Crippen molar-refractivity contribution in [3.8, 4) is 33.4 Å². The van der Waals surface area contributed by atoms with Crippen molar-refractivity contribution < 1.29 is 0 Å². The van der Waals surface area contributed by atoms with E-state index >= 15 is 0 Å². The van der Waals surface area contributed by atoms with Gasteiger partial charge in [-0.2, -0.15) is 0 Å². The molecule has 162 valence electrons. The molecule has 0 aliphatic heterocycles. The van der Waals surface area contributed by atoms with Gasteiger partial charge in [-0.25, -0.2) is 0 Å². The van der Waals surface area contributed by atoms with Crippen molar-refractivity contribution >= 4 is 0 Å². The molecule has 4 aromatic rings. The number of hydrogen-bond acceptors (Lipinski definition) is 0. The predicted molar refractivity (Wildman–Crippen MR) is 140 cm³/mol. The molecular weight excluding hydrogens is 384 g/mol. The molecule has 0 heteroatoms. The third kappa shape index (κ3) is 4.86. The second kappa shape index (κ2) is 8.43. The van der Waals surface area contributed by atoms with Crippen LogP contribution in [0.25, 0.3) is 33.4 Å². The average Bonchev–Trinajstić information content (AvgIpc) is 2.78. The van der Waals surface area contributed by atoms with E-state index in [9.17, 15) is 0 Å². The van der Waals surface area contributed by atoms with Crippen LogP contribution in [-0.2, 0) is 10.8 Å². The molecule has 0 fully saturated rings. The highest BCUT2D eigenvalue weighted by molar-refractivity contribution is 5.81. The van der Waals surface area contributed by atoms with E-state index in [1.165, 1.54) is 44.5 Å². The molecule has 0 spiro atoms. The summed E-state index contributed by atoms with van der Waals surface area (Å²) >= 11 is 0. The molecule has 0 nitrogen and oxygen atoms in total. The fourth-order valence-electron chi connectivity index (χ4n) is 4.08. The summed E-state index contributed by atoms with van der Waals surface area (Å²) in [6, 6.07) is 35.7. The SMILES string of the molecule is CC(C)(C)c1ccc(-c2cc(-c3ccccc3)cc(-c3ccc(C(C)(C)C)cc3)c2)cc1. The largest absolute Gasteiger partial charge is 0.0622 e. The van der Waals surface area contributed by atoms with Crippen molar-refractivity contribution in [3.05, 3.63) is 108 Å². The second-order valence-corrected chi connectivity index (χ2v) is 10.8. The van der Waals surface area contributed by atoms with Gasteiger partial charge in [-0.15, -0.1) is 0 Å². The van der Waals surface area contributed by atoms with Gasteiger partial charge < -0.3 is 0 Å².